The Balaban J connectivity index is 3.01. The Morgan fingerprint density at radius 3 is 2.50 bits per heavy atom. The molecule has 14 heavy (non-hydrogen) atoms. The summed E-state index contributed by atoms with van der Waals surface area (Å²) in [5, 5.41) is 28.9. The Labute approximate surface area is 80.5 Å². The lowest BCUT2D eigenvalue weighted by Gasteiger charge is -2.03. The average molecular weight is 185 g/mol. The third-order valence-corrected chi connectivity index (χ3v) is 2.11. The fourth-order valence-corrected chi connectivity index (χ4v) is 1.46. The second-order valence-electron chi connectivity index (χ2n) is 2.95. The van der Waals surface area contributed by atoms with E-state index in [-0.39, 0.29) is 17.1 Å². The van der Waals surface area contributed by atoms with Crippen LogP contribution < -0.4 is 0 Å². The summed E-state index contributed by atoms with van der Waals surface area (Å²) < 4.78 is 0. The molecular weight excluding hydrogens is 178 g/mol. The summed E-state index contributed by atoms with van der Waals surface area (Å²) in [4.78, 5) is 0. The number of hydrogen-bond donors (Lipinski definition) is 2. The molecule has 0 saturated heterocycles. The van der Waals surface area contributed by atoms with E-state index in [4.69, 9.17) is 5.26 Å². The first kappa shape index (κ1) is 8.39. The average Bonchev–Trinajstić information content (AvgIpc) is 2.19. The van der Waals surface area contributed by atoms with Crippen molar-refractivity contribution in [3.8, 4) is 17.6 Å². The summed E-state index contributed by atoms with van der Waals surface area (Å²) in [5.41, 5.74) is 0.112. The van der Waals surface area contributed by atoms with Crippen LogP contribution in [0.3, 0.4) is 0 Å². The maximum absolute atomic E-state index is 9.55. The van der Waals surface area contributed by atoms with Crippen molar-refractivity contribution in [3.63, 3.8) is 0 Å². The number of phenols is 2. The van der Waals surface area contributed by atoms with Gasteiger partial charge in [0.1, 0.15) is 23.1 Å². The minimum Gasteiger partial charge on any atom is -0.507 e. The van der Waals surface area contributed by atoms with Crippen LogP contribution >= 0.6 is 0 Å². The van der Waals surface area contributed by atoms with Crippen molar-refractivity contribution in [2.75, 3.05) is 0 Å². The molecule has 3 heteroatoms. The van der Waals surface area contributed by atoms with Gasteiger partial charge in [-0.2, -0.15) is 5.26 Å². The van der Waals surface area contributed by atoms with E-state index < -0.39 is 0 Å². The van der Waals surface area contributed by atoms with Crippen molar-refractivity contribution < 1.29 is 10.2 Å². The monoisotopic (exact) mass is 185 g/mol. The van der Waals surface area contributed by atoms with Crippen molar-refractivity contribution in [2.24, 2.45) is 0 Å². The number of rotatable bonds is 0. The molecule has 2 N–H and O–H groups in total. The van der Waals surface area contributed by atoms with Crippen LogP contribution in [-0.2, 0) is 0 Å². The van der Waals surface area contributed by atoms with Crippen molar-refractivity contribution in [2.45, 2.75) is 0 Å². The number of nitrogens with zero attached hydrogens (tertiary/aromatic N) is 1. The van der Waals surface area contributed by atoms with E-state index in [0.717, 1.165) is 5.39 Å². The van der Waals surface area contributed by atoms with Crippen LogP contribution in [0, 0.1) is 11.3 Å². The third-order valence-electron chi connectivity index (χ3n) is 2.11. The van der Waals surface area contributed by atoms with Gasteiger partial charge in [-0.15, -0.1) is 0 Å². The van der Waals surface area contributed by atoms with Crippen LogP contribution in [0.4, 0.5) is 0 Å². The number of nitriles is 1. The maximum atomic E-state index is 9.55. The quantitative estimate of drug-likeness (QED) is 0.660. The van der Waals surface area contributed by atoms with Crippen LogP contribution in [0.15, 0.2) is 30.3 Å². The molecule has 0 aliphatic rings. The van der Waals surface area contributed by atoms with Crippen LogP contribution in [0.1, 0.15) is 5.56 Å². The Morgan fingerprint density at radius 2 is 1.79 bits per heavy atom. The van der Waals surface area contributed by atoms with E-state index in [2.05, 4.69) is 0 Å². The summed E-state index contributed by atoms with van der Waals surface area (Å²) in [6, 6.07) is 9.92. The second kappa shape index (κ2) is 2.93. The van der Waals surface area contributed by atoms with E-state index >= 15 is 0 Å². The first-order valence-corrected chi connectivity index (χ1v) is 4.08. The number of benzene rings is 2. The van der Waals surface area contributed by atoms with Gasteiger partial charge < -0.3 is 10.2 Å². The highest BCUT2D eigenvalue weighted by Crippen LogP contribution is 2.32. The van der Waals surface area contributed by atoms with Crippen LogP contribution in [0.5, 0.6) is 11.5 Å². The summed E-state index contributed by atoms with van der Waals surface area (Å²) in [7, 11) is 0. The van der Waals surface area contributed by atoms with Gasteiger partial charge in [0.2, 0.25) is 0 Å². The van der Waals surface area contributed by atoms with E-state index in [0.29, 0.717) is 5.39 Å². The van der Waals surface area contributed by atoms with Gasteiger partial charge in [0.25, 0.3) is 0 Å². The molecule has 68 valence electrons. The third kappa shape index (κ3) is 1.05. The zero-order chi connectivity index (χ0) is 10.1. The molecule has 2 rings (SSSR count). The molecule has 0 aliphatic carbocycles. The highest BCUT2D eigenvalue weighted by atomic mass is 16.3. The van der Waals surface area contributed by atoms with Gasteiger partial charge in [0.15, 0.2) is 0 Å². The minimum absolute atomic E-state index is 0.00921. The Hall–Kier alpha value is -2.21. The van der Waals surface area contributed by atoms with E-state index in [1.807, 2.05) is 6.07 Å². The Kier molecular flexibility index (Phi) is 1.76. The van der Waals surface area contributed by atoms with Gasteiger partial charge in [-0.3, -0.25) is 0 Å². The van der Waals surface area contributed by atoms with Crippen molar-refractivity contribution >= 4 is 10.8 Å². The molecule has 0 heterocycles. The van der Waals surface area contributed by atoms with Crippen LogP contribution in [-0.4, -0.2) is 10.2 Å². The zero-order valence-corrected chi connectivity index (χ0v) is 7.23. The SMILES string of the molecule is N#Cc1c(O)ccc2cccc(O)c12. The molecule has 2 aromatic carbocycles. The number of phenolic OH excluding ortho intramolecular Hbond substituents is 2. The molecule has 0 amide bonds. The minimum atomic E-state index is -0.110. The predicted molar refractivity (Wildman–Crippen MR) is 52.0 cm³/mol. The highest BCUT2D eigenvalue weighted by Gasteiger charge is 2.09. The number of hydrogen-bond acceptors (Lipinski definition) is 3. The van der Waals surface area contributed by atoms with E-state index in [1.165, 1.54) is 12.1 Å². The molecule has 3 nitrogen and oxygen atoms in total. The second-order valence-corrected chi connectivity index (χ2v) is 2.95. The first-order valence-electron chi connectivity index (χ1n) is 4.08. The van der Waals surface area contributed by atoms with Crippen molar-refractivity contribution in [1.29, 1.82) is 5.26 Å². The summed E-state index contributed by atoms with van der Waals surface area (Å²) in [6.07, 6.45) is 0. The molecule has 2 aromatic rings. The smallest absolute Gasteiger partial charge is 0.134 e. The van der Waals surface area contributed by atoms with Gasteiger partial charge in [0.05, 0.1) is 0 Å². The molecule has 0 atom stereocenters. The summed E-state index contributed by atoms with van der Waals surface area (Å²) in [5.74, 6) is -0.101. The lowest BCUT2D eigenvalue weighted by molar-refractivity contribution is 0.470. The zero-order valence-electron chi connectivity index (χ0n) is 7.23. The standard InChI is InChI=1S/C11H7NO2/c12-6-8-9(13)5-4-7-2-1-3-10(14)11(7)8/h1-5,13-14H. The lowest BCUT2D eigenvalue weighted by Crippen LogP contribution is -1.81. The Morgan fingerprint density at radius 1 is 1.00 bits per heavy atom. The van der Waals surface area contributed by atoms with Crippen LogP contribution in [0.2, 0.25) is 0 Å². The normalized spacial score (nSPS) is 9.93. The first-order chi connectivity index (χ1) is 6.74. The van der Waals surface area contributed by atoms with Gasteiger partial charge in [-0.05, 0) is 17.5 Å². The fourth-order valence-electron chi connectivity index (χ4n) is 1.46. The van der Waals surface area contributed by atoms with Crippen molar-refractivity contribution in [3.05, 3.63) is 35.9 Å². The summed E-state index contributed by atoms with van der Waals surface area (Å²) in [6.45, 7) is 0. The van der Waals surface area contributed by atoms with Gasteiger partial charge in [-0.25, -0.2) is 0 Å². The topological polar surface area (TPSA) is 64.2 Å². The van der Waals surface area contributed by atoms with Crippen molar-refractivity contribution in [1.82, 2.24) is 0 Å². The predicted octanol–water partition coefficient (Wildman–Crippen LogP) is 2.12. The fraction of sp³-hybridized carbons (Fsp3) is 0. The molecule has 0 unspecified atom stereocenters. The number of aromatic hydroxyl groups is 2. The molecule has 0 spiro atoms. The number of fused-ring (bicyclic) bond motifs is 1. The molecule has 0 fully saturated rings. The van der Waals surface area contributed by atoms with E-state index in [9.17, 15) is 10.2 Å². The largest absolute Gasteiger partial charge is 0.507 e. The van der Waals surface area contributed by atoms with E-state index in [1.54, 1.807) is 18.2 Å². The van der Waals surface area contributed by atoms with Crippen LogP contribution in [0.25, 0.3) is 10.8 Å². The van der Waals surface area contributed by atoms with Gasteiger partial charge in [-0.1, -0.05) is 18.2 Å². The molecule has 0 bridgehead atoms. The summed E-state index contributed by atoms with van der Waals surface area (Å²) >= 11 is 0. The Bertz CT molecular complexity index is 541. The maximum Gasteiger partial charge on any atom is 0.134 e. The molecule has 0 radical (unpaired) electrons. The lowest BCUT2D eigenvalue weighted by atomic mass is 10.0. The highest BCUT2D eigenvalue weighted by molar-refractivity contribution is 5.94. The van der Waals surface area contributed by atoms with Gasteiger partial charge >= 0.3 is 0 Å². The van der Waals surface area contributed by atoms with Gasteiger partial charge in [0, 0.05) is 5.39 Å². The molecule has 0 aliphatic heterocycles. The molecule has 0 saturated carbocycles. The molecular formula is C11H7NO2. The molecule has 0 aromatic heterocycles.